The number of anilines is 1. The maximum absolute atomic E-state index is 13.8. The van der Waals surface area contributed by atoms with Gasteiger partial charge < -0.3 is 15.7 Å². The molecule has 2 aromatic carbocycles. The van der Waals surface area contributed by atoms with Crippen LogP contribution < -0.4 is 10.6 Å². The highest BCUT2D eigenvalue weighted by Crippen LogP contribution is 2.19. The van der Waals surface area contributed by atoms with Crippen LogP contribution in [0.15, 0.2) is 42.5 Å². The van der Waals surface area contributed by atoms with E-state index in [1.54, 1.807) is 32.0 Å². The van der Waals surface area contributed by atoms with E-state index in [1.165, 1.54) is 24.3 Å². The Kier molecular flexibility index (Phi) is 6.65. The van der Waals surface area contributed by atoms with Gasteiger partial charge in [-0.15, -0.1) is 0 Å². The van der Waals surface area contributed by atoms with Crippen LogP contribution in [0, 0.1) is 12.7 Å². The molecule has 0 aliphatic carbocycles. The highest BCUT2D eigenvalue weighted by Gasteiger charge is 2.15. The van der Waals surface area contributed by atoms with E-state index >= 15 is 0 Å². The van der Waals surface area contributed by atoms with Crippen molar-refractivity contribution in [1.82, 2.24) is 5.32 Å². The molecular weight excluding hydrogens is 351 g/mol. The van der Waals surface area contributed by atoms with E-state index in [-0.39, 0.29) is 23.9 Å². The molecule has 0 bridgehead atoms. The number of carbonyl (C=O) groups is 3. The van der Waals surface area contributed by atoms with Crippen molar-refractivity contribution in [2.24, 2.45) is 0 Å². The molecule has 0 aliphatic heterocycles. The summed E-state index contributed by atoms with van der Waals surface area (Å²) in [7, 11) is 0. The molecule has 142 valence electrons. The fraction of sp³-hybridized carbons (Fsp3) is 0.250. The van der Waals surface area contributed by atoms with Crippen molar-refractivity contribution in [1.29, 1.82) is 0 Å². The molecule has 2 aromatic rings. The number of carbonyl (C=O) groups excluding carboxylic acids is 2. The van der Waals surface area contributed by atoms with E-state index in [2.05, 4.69) is 10.6 Å². The number of halogens is 1. The Bertz CT molecular complexity index is 867. The van der Waals surface area contributed by atoms with Crippen LogP contribution in [0.5, 0.6) is 0 Å². The maximum atomic E-state index is 13.8. The number of hydrogen-bond acceptors (Lipinski definition) is 3. The van der Waals surface area contributed by atoms with Gasteiger partial charge >= 0.3 is 5.97 Å². The van der Waals surface area contributed by atoms with Crippen molar-refractivity contribution in [3.8, 4) is 0 Å². The second-order valence-electron chi connectivity index (χ2n) is 6.27. The molecule has 0 fully saturated rings. The molecular formula is C20H21FN2O4. The standard InChI is InChI=1S/C20H21FN2O4/c1-12-7-9-14(19(26)22-13(2)8-10-18(24)25)11-17(12)23-20(27)15-5-3-4-6-16(15)21/h3-7,9,11,13H,8,10H2,1-2H3,(H,22,26)(H,23,27)(H,24,25). The van der Waals surface area contributed by atoms with E-state index in [4.69, 9.17) is 5.11 Å². The minimum atomic E-state index is -0.926. The van der Waals surface area contributed by atoms with Gasteiger partial charge in [0.15, 0.2) is 0 Å². The number of carboxylic acid groups (broad SMARTS) is 1. The number of aryl methyl sites for hydroxylation is 1. The van der Waals surface area contributed by atoms with E-state index in [9.17, 15) is 18.8 Å². The summed E-state index contributed by atoms with van der Waals surface area (Å²) in [6.45, 7) is 3.48. The zero-order valence-electron chi connectivity index (χ0n) is 15.1. The first-order valence-electron chi connectivity index (χ1n) is 8.47. The van der Waals surface area contributed by atoms with E-state index < -0.39 is 17.7 Å². The van der Waals surface area contributed by atoms with Crippen LogP contribution in [-0.2, 0) is 4.79 Å². The lowest BCUT2D eigenvalue weighted by Gasteiger charge is -2.14. The normalized spacial score (nSPS) is 11.5. The molecule has 6 nitrogen and oxygen atoms in total. The number of nitrogens with one attached hydrogen (secondary N) is 2. The Labute approximate surface area is 156 Å². The molecule has 7 heteroatoms. The Morgan fingerprint density at radius 1 is 1.11 bits per heavy atom. The first-order valence-corrected chi connectivity index (χ1v) is 8.47. The third kappa shape index (κ3) is 5.64. The average molecular weight is 372 g/mol. The Morgan fingerprint density at radius 2 is 1.81 bits per heavy atom. The molecule has 0 saturated heterocycles. The summed E-state index contributed by atoms with van der Waals surface area (Å²) in [5, 5.41) is 14.0. The van der Waals surface area contributed by atoms with E-state index in [0.717, 1.165) is 5.56 Å². The fourth-order valence-electron chi connectivity index (χ4n) is 2.45. The number of carboxylic acids is 1. The van der Waals surface area contributed by atoms with Gasteiger partial charge in [0.05, 0.1) is 5.56 Å². The van der Waals surface area contributed by atoms with Crippen molar-refractivity contribution in [2.45, 2.75) is 32.7 Å². The lowest BCUT2D eigenvalue weighted by Crippen LogP contribution is -2.33. The Balaban J connectivity index is 2.11. The zero-order chi connectivity index (χ0) is 20.0. The van der Waals surface area contributed by atoms with Gasteiger partial charge in [-0.3, -0.25) is 14.4 Å². The Morgan fingerprint density at radius 3 is 2.48 bits per heavy atom. The number of amides is 2. The molecule has 0 radical (unpaired) electrons. The monoisotopic (exact) mass is 372 g/mol. The molecule has 27 heavy (non-hydrogen) atoms. The van der Waals surface area contributed by atoms with Crippen LogP contribution >= 0.6 is 0 Å². The molecule has 3 N–H and O–H groups in total. The third-order valence-electron chi connectivity index (χ3n) is 4.04. The predicted octanol–water partition coefficient (Wildman–Crippen LogP) is 3.37. The van der Waals surface area contributed by atoms with Gasteiger partial charge in [-0.2, -0.15) is 0 Å². The second-order valence-corrected chi connectivity index (χ2v) is 6.27. The van der Waals surface area contributed by atoms with Gasteiger partial charge in [0.1, 0.15) is 5.82 Å². The molecule has 2 amide bonds. The molecule has 0 spiro atoms. The second kappa shape index (κ2) is 8.93. The number of aliphatic carboxylic acids is 1. The zero-order valence-corrected chi connectivity index (χ0v) is 15.1. The quantitative estimate of drug-likeness (QED) is 0.694. The van der Waals surface area contributed by atoms with Gasteiger partial charge in [0.25, 0.3) is 11.8 Å². The molecule has 1 unspecified atom stereocenters. The minimum absolute atomic E-state index is 0.0424. The number of rotatable bonds is 7. The SMILES string of the molecule is Cc1ccc(C(=O)NC(C)CCC(=O)O)cc1NC(=O)c1ccccc1F. The van der Waals surface area contributed by atoms with Gasteiger partial charge in [-0.25, -0.2) is 4.39 Å². The van der Waals surface area contributed by atoms with Crippen molar-refractivity contribution >= 4 is 23.5 Å². The van der Waals surface area contributed by atoms with Gasteiger partial charge in [-0.05, 0) is 50.1 Å². The van der Waals surface area contributed by atoms with Gasteiger partial charge in [0.2, 0.25) is 0 Å². The van der Waals surface area contributed by atoms with Crippen molar-refractivity contribution in [3.63, 3.8) is 0 Å². The van der Waals surface area contributed by atoms with Crippen LogP contribution in [0.2, 0.25) is 0 Å². The maximum Gasteiger partial charge on any atom is 0.303 e. The lowest BCUT2D eigenvalue weighted by molar-refractivity contribution is -0.137. The van der Waals surface area contributed by atoms with Crippen LogP contribution in [0.3, 0.4) is 0 Å². The molecule has 0 aliphatic rings. The summed E-state index contributed by atoms with van der Waals surface area (Å²) in [6.07, 6.45) is 0.267. The van der Waals surface area contributed by atoms with Crippen molar-refractivity contribution in [3.05, 3.63) is 65.0 Å². The number of benzene rings is 2. The summed E-state index contributed by atoms with van der Waals surface area (Å²) in [6, 6.07) is 10.1. The highest BCUT2D eigenvalue weighted by atomic mass is 19.1. The van der Waals surface area contributed by atoms with Crippen molar-refractivity contribution in [2.75, 3.05) is 5.32 Å². The molecule has 0 aromatic heterocycles. The van der Waals surface area contributed by atoms with Crippen LogP contribution in [-0.4, -0.2) is 28.9 Å². The first kappa shape index (κ1) is 20.1. The fourth-order valence-corrected chi connectivity index (χ4v) is 2.45. The average Bonchev–Trinajstić information content (AvgIpc) is 2.62. The van der Waals surface area contributed by atoms with Gasteiger partial charge in [-0.1, -0.05) is 18.2 Å². The highest BCUT2D eigenvalue weighted by molar-refractivity contribution is 6.05. The van der Waals surface area contributed by atoms with Crippen LogP contribution in [0.4, 0.5) is 10.1 Å². The molecule has 2 rings (SSSR count). The largest absolute Gasteiger partial charge is 0.481 e. The molecule has 0 saturated carbocycles. The first-order chi connectivity index (χ1) is 12.8. The topological polar surface area (TPSA) is 95.5 Å². The number of hydrogen-bond donors (Lipinski definition) is 3. The lowest BCUT2D eigenvalue weighted by atomic mass is 10.1. The Hall–Kier alpha value is -3.22. The van der Waals surface area contributed by atoms with E-state index in [1.807, 2.05) is 0 Å². The van der Waals surface area contributed by atoms with Crippen molar-refractivity contribution < 1.29 is 23.9 Å². The summed E-state index contributed by atoms with van der Waals surface area (Å²) in [5.74, 6) is -2.55. The smallest absolute Gasteiger partial charge is 0.303 e. The summed E-state index contributed by atoms with van der Waals surface area (Å²) < 4.78 is 13.8. The van der Waals surface area contributed by atoms with Gasteiger partial charge in [0, 0.05) is 23.7 Å². The summed E-state index contributed by atoms with van der Waals surface area (Å²) in [5.41, 5.74) is 1.34. The van der Waals surface area contributed by atoms with Crippen LogP contribution in [0.25, 0.3) is 0 Å². The van der Waals surface area contributed by atoms with E-state index in [0.29, 0.717) is 17.7 Å². The minimum Gasteiger partial charge on any atom is -0.481 e. The molecule has 1 atom stereocenters. The summed E-state index contributed by atoms with van der Waals surface area (Å²) >= 11 is 0. The summed E-state index contributed by atoms with van der Waals surface area (Å²) in [4.78, 5) is 35.2. The third-order valence-corrected chi connectivity index (χ3v) is 4.04. The predicted molar refractivity (Wildman–Crippen MR) is 99.3 cm³/mol. The van der Waals surface area contributed by atoms with Crippen LogP contribution in [0.1, 0.15) is 46.0 Å². The molecule has 0 heterocycles.